The molecule has 192 valence electrons. The number of nitrogens with zero attached hydrogens (tertiary/aromatic N) is 1. The number of carbonyl (C=O) groups excluding carboxylic acids is 3. The van der Waals surface area contributed by atoms with E-state index in [1.54, 1.807) is 4.90 Å². The first-order chi connectivity index (χ1) is 16.7. The minimum absolute atomic E-state index is 0.0954. The SMILES string of the molecule is CCCNC(=O)[C@H]1[C@H]2C(=O)N(CCCCCO)C(C(=O)Nc3cc(C)ccc3C)C23CC[C@]1(C)O3. The van der Waals surface area contributed by atoms with E-state index in [-0.39, 0.29) is 24.3 Å². The largest absolute Gasteiger partial charge is 0.396 e. The number of nitrogens with one attached hydrogen (secondary N) is 2. The molecule has 3 fully saturated rings. The molecule has 3 aliphatic heterocycles. The fourth-order valence-electron chi connectivity index (χ4n) is 6.37. The normalized spacial score (nSPS) is 31.1. The lowest BCUT2D eigenvalue weighted by molar-refractivity contribution is -0.144. The third kappa shape index (κ3) is 4.35. The second-order valence-electron chi connectivity index (χ2n) is 10.6. The summed E-state index contributed by atoms with van der Waals surface area (Å²) in [4.78, 5) is 42.7. The lowest BCUT2D eigenvalue weighted by atomic mass is 9.66. The molecule has 2 unspecified atom stereocenters. The molecule has 0 radical (unpaired) electrons. The van der Waals surface area contributed by atoms with Crippen molar-refractivity contribution < 1.29 is 24.2 Å². The van der Waals surface area contributed by atoms with Crippen LogP contribution in [0.5, 0.6) is 0 Å². The van der Waals surface area contributed by atoms with Crippen molar-refractivity contribution in [2.24, 2.45) is 11.8 Å². The van der Waals surface area contributed by atoms with Crippen LogP contribution in [-0.4, -0.2) is 64.7 Å². The molecule has 1 aromatic carbocycles. The Balaban J connectivity index is 1.68. The van der Waals surface area contributed by atoms with Crippen LogP contribution in [0.15, 0.2) is 18.2 Å². The Labute approximate surface area is 207 Å². The van der Waals surface area contributed by atoms with Gasteiger partial charge < -0.3 is 25.4 Å². The molecule has 3 heterocycles. The first kappa shape index (κ1) is 25.6. The molecule has 3 aliphatic rings. The van der Waals surface area contributed by atoms with Crippen molar-refractivity contribution in [1.29, 1.82) is 0 Å². The van der Waals surface area contributed by atoms with Gasteiger partial charge in [-0.1, -0.05) is 19.1 Å². The molecule has 8 heteroatoms. The van der Waals surface area contributed by atoms with Gasteiger partial charge >= 0.3 is 0 Å². The average Bonchev–Trinajstić information content (AvgIpc) is 3.38. The third-order valence-electron chi connectivity index (χ3n) is 8.06. The van der Waals surface area contributed by atoms with E-state index in [4.69, 9.17) is 9.84 Å². The van der Waals surface area contributed by atoms with Gasteiger partial charge in [0.05, 0.1) is 17.4 Å². The average molecular weight is 486 g/mol. The quantitative estimate of drug-likeness (QED) is 0.442. The highest BCUT2D eigenvalue weighted by Gasteiger charge is 2.77. The Morgan fingerprint density at radius 3 is 2.66 bits per heavy atom. The van der Waals surface area contributed by atoms with Crippen LogP contribution in [0.1, 0.15) is 63.5 Å². The van der Waals surface area contributed by atoms with Gasteiger partial charge in [-0.3, -0.25) is 14.4 Å². The molecule has 0 saturated carbocycles. The van der Waals surface area contributed by atoms with Crippen molar-refractivity contribution in [3.8, 4) is 0 Å². The van der Waals surface area contributed by atoms with Crippen molar-refractivity contribution >= 4 is 23.4 Å². The highest BCUT2D eigenvalue weighted by molar-refractivity contribution is 6.04. The van der Waals surface area contributed by atoms with Crippen molar-refractivity contribution in [2.75, 3.05) is 25.0 Å². The maximum atomic E-state index is 13.9. The third-order valence-corrected chi connectivity index (χ3v) is 8.06. The van der Waals surface area contributed by atoms with E-state index in [2.05, 4.69) is 10.6 Å². The Hall–Kier alpha value is -2.45. The van der Waals surface area contributed by atoms with E-state index in [0.717, 1.165) is 29.7 Å². The van der Waals surface area contributed by atoms with Gasteiger partial charge in [-0.25, -0.2) is 0 Å². The Bertz CT molecular complexity index is 997. The number of carbonyl (C=O) groups is 3. The molecular formula is C27H39N3O5. The summed E-state index contributed by atoms with van der Waals surface area (Å²) in [6.07, 6.45) is 4.07. The summed E-state index contributed by atoms with van der Waals surface area (Å²) in [6.45, 7) is 8.84. The summed E-state index contributed by atoms with van der Waals surface area (Å²) in [5.74, 6) is -1.89. The molecule has 8 nitrogen and oxygen atoms in total. The van der Waals surface area contributed by atoms with Crippen LogP contribution in [0.2, 0.25) is 0 Å². The zero-order chi connectivity index (χ0) is 25.4. The van der Waals surface area contributed by atoms with Crippen LogP contribution >= 0.6 is 0 Å². The highest BCUT2D eigenvalue weighted by Crippen LogP contribution is 2.63. The van der Waals surface area contributed by atoms with Gasteiger partial charge in [-0.2, -0.15) is 0 Å². The first-order valence-corrected chi connectivity index (χ1v) is 13.0. The number of hydrogen-bond acceptors (Lipinski definition) is 5. The minimum Gasteiger partial charge on any atom is -0.396 e. The lowest BCUT2D eigenvalue weighted by Crippen LogP contribution is -2.53. The molecule has 3 amide bonds. The van der Waals surface area contributed by atoms with E-state index in [1.165, 1.54) is 0 Å². The number of hydrogen-bond donors (Lipinski definition) is 3. The molecule has 1 spiro atoms. The molecule has 3 N–H and O–H groups in total. The maximum Gasteiger partial charge on any atom is 0.250 e. The molecule has 4 rings (SSSR count). The van der Waals surface area contributed by atoms with Gasteiger partial charge in [0.25, 0.3) is 0 Å². The van der Waals surface area contributed by atoms with Crippen molar-refractivity contribution in [3.63, 3.8) is 0 Å². The predicted molar refractivity (Wildman–Crippen MR) is 133 cm³/mol. The Morgan fingerprint density at radius 2 is 1.94 bits per heavy atom. The standard InChI is InChI=1S/C27H39N3O5/c1-5-13-28-23(32)20-21-25(34)30(14-7-6-8-15-31)22(27(21)12-11-26(20,4)35-27)24(33)29-19-16-17(2)9-10-18(19)3/h9-10,16,20-22,31H,5-8,11-15H2,1-4H3,(H,28,32)(H,29,33)/t20-,21+,22?,26+,27?/m1/s1. The van der Waals surface area contributed by atoms with Gasteiger partial charge in [0.1, 0.15) is 11.6 Å². The summed E-state index contributed by atoms with van der Waals surface area (Å²) >= 11 is 0. The van der Waals surface area contributed by atoms with Gasteiger partial charge in [0.2, 0.25) is 17.7 Å². The molecule has 0 aromatic heterocycles. The van der Waals surface area contributed by atoms with E-state index in [9.17, 15) is 14.4 Å². The monoisotopic (exact) mass is 485 g/mol. The summed E-state index contributed by atoms with van der Waals surface area (Å²) in [7, 11) is 0. The van der Waals surface area contributed by atoms with Gasteiger partial charge in [0, 0.05) is 25.4 Å². The summed E-state index contributed by atoms with van der Waals surface area (Å²) < 4.78 is 6.61. The van der Waals surface area contributed by atoms with E-state index >= 15 is 0 Å². The number of benzene rings is 1. The van der Waals surface area contributed by atoms with Crippen LogP contribution < -0.4 is 10.6 Å². The van der Waals surface area contributed by atoms with Crippen LogP contribution in [0.4, 0.5) is 5.69 Å². The zero-order valence-corrected chi connectivity index (χ0v) is 21.4. The van der Waals surface area contributed by atoms with Crippen LogP contribution in [-0.2, 0) is 19.1 Å². The number of likely N-dealkylation sites (tertiary alicyclic amines) is 1. The summed E-state index contributed by atoms with van der Waals surface area (Å²) in [5, 5.41) is 15.2. The lowest BCUT2D eigenvalue weighted by Gasteiger charge is -2.33. The Morgan fingerprint density at radius 1 is 1.17 bits per heavy atom. The summed E-state index contributed by atoms with van der Waals surface area (Å²) in [5.41, 5.74) is 0.914. The minimum atomic E-state index is -1.02. The topological polar surface area (TPSA) is 108 Å². The maximum absolute atomic E-state index is 13.9. The van der Waals surface area contributed by atoms with Crippen LogP contribution in [0, 0.1) is 25.7 Å². The highest BCUT2D eigenvalue weighted by atomic mass is 16.5. The number of unbranched alkanes of at least 4 members (excludes halogenated alkanes) is 2. The molecule has 1 aromatic rings. The fraction of sp³-hybridized carbons (Fsp3) is 0.667. The van der Waals surface area contributed by atoms with Crippen LogP contribution in [0.3, 0.4) is 0 Å². The number of aryl methyl sites for hydroxylation is 2. The predicted octanol–water partition coefficient (Wildman–Crippen LogP) is 2.70. The van der Waals surface area contributed by atoms with E-state index < -0.39 is 29.1 Å². The van der Waals surface area contributed by atoms with Gasteiger partial charge in [-0.05, 0) is 76.5 Å². The second kappa shape index (κ2) is 9.90. The number of fused-ring (bicyclic) bond motifs is 1. The number of amides is 3. The molecule has 2 bridgehead atoms. The number of aliphatic hydroxyl groups is 1. The zero-order valence-electron chi connectivity index (χ0n) is 21.4. The summed E-state index contributed by atoms with van der Waals surface area (Å²) in [6, 6.07) is 5.08. The van der Waals surface area contributed by atoms with Gasteiger partial charge in [-0.15, -0.1) is 0 Å². The molecule has 5 atom stereocenters. The van der Waals surface area contributed by atoms with Gasteiger partial charge in [0.15, 0.2) is 0 Å². The second-order valence-corrected chi connectivity index (χ2v) is 10.6. The van der Waals surface area contributed by atoms with E-state index in [1.807, 2.05) is 45.9 Å². The number of anilines is 1. The van der Waals surface area contributed by atoms with Crippen LogP contribution in [0.25, 0.3) is 0 Å². The van der Waals surface area contributed by atoms with Crippen molar-refractivity contribution in [2.45, 2.75) is 83.5 Å². The van der Waals surface area contributed by atoms with Crippen molar-refractivity contribution in [1.82, 2.24) is 10.2 Å². The molecule has 35 heavy (non-hydrogen) atoms. The van der Waals surface area contributed by atoms with E-state index in [0.29, 0.717) is 38.8 Å². The Kier molecular flexibility index (Phi) is 7.25. The van der Waals surface area contributed by atoms with Crippen molar-refractivity contribution in [3.05, 3.63) is 29.3 Å². The smallest absolute Gasteiger partial charge is 0.250 e. The molecule has 3 saturated heterocycles. The fourth-order valence-corrected chi connectivity index (χ4v) is 6.37. The number of rotatable bonds is 10. The molecular weight excluding hydrogens is 446 g/mol. The first-order valence-electron chi connectivity index (χ1n) is 13.0. The number of aliphatic hydroxyl groups excluding tert-OH is 1. The number of ether oxygens (including phenoxy) is 1. The molecule has 0 aliphatic carbocycles.